The van der Waals surface area contributed by atoms with Crippen LogP contribution >= 0.6 is 0 Å². The highest BCUT2D eigenvalue weighted by molar-refractivity contribution is 7.89. The smallest absolute Gasteiger partial charge is 0.338 e. The molecule has 0 aliphatic heterocycles. The largest absolute Gasteiger partial charge is 0.462 e. The second-order valence-corrected chi connectivity index (χ2v) is 6.05. The van der Waals surface area contributed by atoms with E-state index in [4.69, 9.17) is 9.88 Å². The van der Waals surface area contributed by atoms with Crippen LogP contribution in [-0.4, -0.2) is 21.0 Å². The zero-order valence-electron chi connectivity index (χ0n) is 10.6. The molecule has 0 radical (unpaired) electrons. The van der Waals surface area contributed by atoms with Crippen LogP contribution in [0.15, 0.2) is 23.1 Å². The predicted octanol–water partition coefficient (Wildman–Crippen LogP) is 1.46. The lowest BCUT2D eigenvalue weighted by Gasteiger charge is -2.09. The van der Waals surface area contributed by atoms with Crippen molar-refractivity contribution in [1.29, 1.82) is 0 Å². The first kappa shape index (κ1) is 14.7. The zero-order chi connectivity index (χ0) is 13.9. The van der Waals surface area contributed by atoms with E-state index in [-0.39, 0.29) is 23.0 Å². The van der Waals surface area contributed by atoms with Crippen LogP contribution in [0.3, 0.4) is 0 Å². The molecule has 0 unspecified atom stereocenters. The van der Waals surface area contributed by atoms with Gasteiger partial charge in [-0.1, -0.05) is 19.9 Å². The van der Waals surface area contributed by atoms with E-state index in [2.05, 4.69) is 0 Å². The number of aryl methyl sites for hydroxylation is 1. The van der Waals surface area contributed by atoms with Gasteiger partial charge in [-0.3, -0.25) is 0 Å². The SMILES string of the molecule is Cc1ccc(C(=O)OCC(C)C)cc1S(N)(=O)=O. The molecule has 0 spiro atoms. The van der Waals surface area contributed by atoms with Gasteiger partial charge in [0.25, 0.3) is 0 Å². The Morgan fingerprint density at radius 3 is 2.50 bits per heavy atom. The van der Waals surface area contributed by atoms with Gasteiger partial charge in [-0.25, -0.2) is 18.4 Å². The summed E-state index contributed by atoms with van der Waals surface area (Å²) in [6.45, 7) is 5.73. The van der Waals surface area contributed by atoms with Crippen LogP contribution in [0.1, 0.15) is 29.8 Å². The summed E-state index contributed by atoms with van der Waals surface area (Å²) >= 11 is 0. The van der Waals surface area contributed by atoms with Crippen LogP contribution in [0, 0.1) is 12.8 Å². The highest BCUT2D eigenvalue weighted by Crippen LogP contribution is 2.16. The first-order valence-corrected chi connectivity index (χ1v) is 7.07. The summed E-state index contributed by atoms with van der Waals surface area (Å²) in [7, 11) is -3.83. The minimum absolute atomic E-state index is 0.0542. The molecule has 1 aromatic rings. The summed E-state index contributed by atoms with van der Waals surface area (Å²) in [6.07, 6.45) is 0. The van der Waals surface area contributed by atoms with Crippen molar-refractivity contribution in [3.63, 3.8) is 0 Å². The molecule has 0 amide bonds. The Hall–Kier alpha value is -1.40. The molecule has 0 aliphatic rings. The third-order valence-electron chi connectivity index (χ3n) is 2.28. The van der Waals surface area contributed by atoms with Crippen LogP contribution in [0.4, 0.5) is 0 Å². The van der Waals surface area contributed by atoms with Crippen LogP contribution in [0.5, 0.6) is 0 Å². The van der Waals surface area contributed by atoms with Crippen molar-refractivity contribution in [3.05, 3.63) is 29.3 Å². The molecule has 0 bridgehead atoms. The number of sulfonamides is 1. The monoisotopic (exact) mass is 271 g/mol. The molecule has 0 fully saturated rings. The lowest BCUT2D eigenvalue weighted by Crippen LogP contribution is -2.16. The maximum absolute atomic E-state index is 11.7. The number of benzene rings is 1. The molecule has 6 heteroatoms. The number of nitrogens with two attached hydrogens (primary N) is 1. The molecule has 0 atom stereocenters. The molecule has 100 valence electrons. The Labute approximate surface area is 107 Å². The summed E-state index contributed by atoms with van der Waals surface area (Å²) in [6, 6.07) is 4.30. The summed E-state index contributed by atoms with van der Waals surface area (Å²) in [5.74, 6) is -0.328. The number of primary sulfonamides is 1. The number of hydrogen-bond donors (Lipinski definition) is 1. The summed E-state index contributed by atoms with van der Waals surface area (Å²) in [4.78, 5) is 11.6. The topological polar surface area (TPSA) is 86.5 Å². The molecule has 0 aromatic heterocycles. The van der Waals surface area contributed by atoms with E-state index in [1.165, 1.54) is 18.2 Å². The van der Waals surface area contributed by atoms with Crippen molar-refractivity contribution in [2.75, 3.05) is 6.61 Å². The number of rotatable bonds is 4. The molecular formula is C12H17NO4S. The molecule has 5 nitrogen and oxygen atoms in total. The molecule has 0 aliphatic carbocycles. The predicted molar refractivity (Wildman–Crippen MR) is 67.7 cm³/mol. The van der Waals surface area contributed by atoms with E-state index in [0.29, 0.717) is 5.56 Å². The molecule has 18 heavy (non-hydrogen) atoms. The number of esters is 1. The van der Waals surface area contributed by atoms with Crippen LogP contribution < -0.4 is 5.14 Å². The van der Waals surface area contributed by atoms with Gasteiger partial charge >= 0.3 is 5.97 Å². The summed E-state index contributed by atoms with van der Waals surface area (Å²) in [5.41, 5.74) is 0.684. The Balaban J connectivity index is 3.02. The van der Waals surface area contributed by atoms with Gasteiger partial charge in [-0.15, -0.1) is 0 Å². The molecule has 0 saturated carbocycles. The van der Waals surface area contributed by atoms with Crippen LogP contribution in [-0.2, 0) is 14.8 Å². The molecule has 1 aromatic carbocycles. The summed E-state index contributed by atoms with van der Waals surface area (Å²) < 4.78 is 27.7. The van der Waals surface area contributed by atoms with Crippen molar-refractivity contribution in [1.82, 2.24) is 0 Å². The van der Waals surface area contributed by atoms with Crippen molar-refractivity contribution in [2.45, 2.75) is 25.7 Å². The fourth-order valence-electron chi connectivity index (χ4n) is 1.36. The number of carbonyl (C=O) groups is 1. The van der Waals surface area contributed by atoms with Gasteiger partial charge in [-0.2, -0.15) is 0 Å². The van der Waals surface area contributed by atoms with E-state index in [9.17, 15) is 13.2 Å². The standard InChI is InChI=1S/C12H17NO4S/c1-8(2)7-17-12(14)10-5-4-9(3)11(6-10)18(13,15)16/h4-6,8H,7H2,1-3H3,(H2,13,15,16). The van der Waals surface area contributed by atoms with Crippen molar-refractivity contribution in [3.8, 4) is 0 Å². The first-order chi connectivity index (χ1) is 8.21. The fraction of sp³-hybridized carbons (Fsp3) is 0.417. The van der Waals surface area contributed by atoms with Gasteiger partial charge in [0.05, 0.1) is 17.1 Å². The van der Waals surface area contributed by atoms with Gasteiger partial charge in [0.1, 0.15) is 0 Å². The number of hydrogen-bond acceptors (Lipinski definition) is 4. The normalized spacial score (nSPS) is 11.6. The minimum atomic E-state index is -3.83. The Kier molecular flexibility index (Phi) is 4.48. The molecule has 2 N–H and O–H groups in total. The Bertz CT molecular complexity index is 549. The van der Waals surface area contributed by atoms with Crippen molar-refractivity contribution in [2.24, 2.45) is 11.1 Å². The quantitative estimate of drug-likeness (QED) is 0.840. The molecular weight excluding hydrogens is 254 g/mol. The van der Waals surface area contributed by atoms with Crippen molar-refractivity contribution < 1.29 is 17.9 Å². The maximum Gasteiger partial charge on any atom is 0.338 e. The molecule has 0 saturated heterocycles. The Morgan fingerprint density at radius 2 is 2.00 bits per heavy atom. The van der Waals surface area contributed by atoms with Crippen LogP contribution in [0.25, 0.3) is 0 Å². The zero-order valence-corrected chi connectivity index (χ0v) is 11.5. The number of carbonyl (C=O) groups excluding carboxylic acids is 1. The van der Waals surface area contributed by atoms with Gasteiger partial charge in [0.2, 0.25) is 10.0 Å². The van der Waals surface area contributed by atoms with Crippen molar-refractivity contribution >= 4 is 16.0 Å². The third-order valence-corrected chi connectivity index (χ3v) is 3.33. The summed E-state index contributed by atoms with van der Waals surface area (Å²) in [5, 5.41) is 5.07. The van der Waals surface area contributed by atoms with Crippen LogP contribution in [0.2, 0.25) is 0 Å². The fourth-order valence-corrected chi connectivity index (χ4v) is 2.17. The maximum atomic E-state index is 11.7. The third kappa shape index (κ3) is 3.82. The second-order valence-electron chi connectivity index (χ2n) is 4.52. The lowest BCUT2D eigenvalue weighted by atomic mass is 10.1. The number of ether oxygens (including phenoxy) is 1. The average molecular weight is 271 g/mol. The highest BCUT2D eigenvalue weighted by atomic mass is 32.2. The van der Waals surface area contributed by atoms with E-state index >= 15 is 0 Å². The average Bonchev–Trinajstić information content (AvgIpc) is 2.24. The van der Waals surface area contributed by atoms with E-state index in [0.717, 1.165) is 0 Å². The Morgan fingerprint density at radius 1 is 1.39 bits per heavy atom. The molecule has 0 heterocycles. The van der Waals surface area contributed by atoms with Gasteiger partial charge in [0.15, 0.2) is 0 Å². The van der Waals surface area contributed by atoms with E-state index in [1.807, 2.05) is 13.8 Å². The van der Waals surface area contributed by atoms with Gasteiger partial charge < -0.3 is 4.74 Å². The minimum Gasteiger partial charge on any atom is -0.462 e. The second kappa shape index (κ2) is 5.49. The van der Waals surface area contributed by atoms with Gasteiger partial charge in [-0.05, 0) is 30.5 Å². The van der Waals surface area contributed by atoms with E-state index in [1.54, 1.807) is 6.92 Å². The molecule has 1 rings (SSSR count). The lowest BCUT2D eigenvalue weighted by molar-refractivity contribution is 0.0458. The van der Waals surface area contributed by atoms with E-state index < -0.39 is 16.0 Å². The highest BCUT2D eigenvalue weighted by Gasteiger charge is 2.16. The van der Waals surface area contributed by atoms with Gasteiger partial charge in [0, 0.05) is 0 Å². The first-order valence-electron chi connectivity index (χ1n) is 5.52.